The molecule has 1 amide bonds. The highest BCUT2D eigenvalue weighted by Crippen LogP contribution is 2.32. The van der Waals surface area contributed by atoms with E-state index in [1.54, 1.807) is 29.4 Å². The summed E-state index contributed by atoms with van der Waals surface area (Å²) in [4.78, 5) is 18.9. The number of sulfonamides is 1. The molecule has 30 heavy (non-hydrogen) atoms. The first-order valence-corrected chi connectivity index (χ1v) is 12.9. The first-order valence-electron chi connectivity index (χ1n) is 11.0. The summed E-state index contributed by atoms with van der Waals surface area (Å²) in [5.41, 5.74) is 0.562. The van der Waals surface area contributed by atoms with Gasteiger partial charge in [0.25, 0.3) is 5.91 Å². The monoisotopic (exact) mass is 437 g/mol. The van der Waals surface area contributed by atoms with E-state index in [0.29, 0.717) is 31.1 Å². The summed E-state index contributed by atoms with van der Waals surface area (Å²) >= 11 is 0. The Balaban J connectivity index is 1.70. The molecule has 0 aromatic carbocycles. The third kappa shape index (κ3) is 6.25. The van der Waals surface area contributed by atoms with Gasteiger partial charge in [0.15, 0.2) is 0 Å². The molecule has 8 heteroatoms. The van der Waals surface area contributed by atoms with Gasteiger partial charge in [0, 0.05) is 30.5 Å². The molecular weight excluding hydrogens is 402 g/mol. The van der Waals surface area contributed by atoms with Crippen LogP contribution in [0.5, 0.6) is 0 Å². The lowest BCUT2D eigenvalue weighted by atomic mass is 9.80. The summed E-state index contributed by atoms with van der Waals surface area (Å²) < 4.78 is 32.9. The van der Waals surface area contributed by atoms with Gasteiger partial charge in [-0.2, -0.15) is 0 Å². The van der Waals surface area contributed by atoms with Crippen molar-refractivity contribution in [3.8, 4) is 0 Å². The van der Waals surface area contributed by atoms with E-state index in [-0.39, 0.29) is 24.1 Å². The molecular formula is C22H35N3O4S. The van der Waals surface area contributed by atoms with Gasteiger partial charge in [-0.25, -0.2) is 13.1 Å². The summed E-state index contributed by atoms with van der Waals surface area (Å²) in [6.07, 6.45) is 10.4. The quantitative estimate of drug-likeness (QED) is 0.709. The van der Waals surface area contributed by atoms with Crippen LogP contribution in [0.2, 0.25) is 0 Å². The number of piperidine rings is 1. The van der Waals surface area contributed by atoms with Gasteiger partial charge in [-0.1, -0.05) is 13.8 Å². The molecule has 3 rings (SSSR count). The van der Waals surface area contributed by atoms with E-state index in [0.717, 1.165) is 38.0 Å². The number of pyridine rings is 1. The summed E-state index contributed by atoms with van der Waals surface area (Å²) in [5.74, 6) is 1.35. The van der Waals surface area contributed by atoms with Crippen LogP contribution < -0.4 is 4.72 Å². The zero-order valence-corrected chi connectivity index (χ0v) is 19.1. The number of ether oxygens (including phenoxy) is 1. The number of carbonyl (C=O) groups is 1. The van der Waals surface area contributed by atoms with Gasteiger partial charge in [-0.05, 0) is 62.5 Å². The van der Waals surface area contributed by atoms with Gasteiger partial charge in [0.05, 0.1) is 25.0 Å². The maximum Gasteiger partial charge on any atom is 0.254 e. The number of rotatable bonds is 7. The molecule has 1 N–H and O–H groups in total. The van der Waals surface area contributed by atoms with Gasteiger partial charge in [-0.3, -0.25) is 9.78 Å². The maximum atomic E-state index is 13.2. The summed E-state index contributed by atoms with van der Waals surface area (Å²) in [6.45, 7) is 5.49. The standard InChI is InChI=1S/C22H35N3O4S/c1-16(2)17-6-8-19(9-7-17)29-15-21-20(24-30(3,27)28)5-4-14-25(21)22(26)18-10-12-23-13-11-18/h10-13,16-17,19-21,24H,4-9,14-15H2,1-3H3/t17-,19+,20-,21-/m0/s1. The van der Waals surface area contributed by atoms with Gasteiger partial charge >= 0.3 is 0 Å². The van der Waals surface area contributed by atoms with Gasteiger partial charge < -0.3 is 9.64 Å². The van der Waals surface area contributed by atoms with Crippen molar-refractivity contribution in [3.05, 3.63) is 30.1 Å². The number of carbonyl (C=O) groups excluding carboxylic acids is 1. The molecule has 0 unspecified atom stereocenters. The molecule has 1 aromatic rings. The lowest BCUT2D eigenvalue weighted by Crippen LogP contribution is -2.59. The number of nitrogens with zero attached hydrogens (tertiary/aromatic N) is 2. The second-order valence-electron chi connectivity index (χ2n) is 9.05. The maximum absolute atomic E-state index is 13.2. The Morgan fingerprint density at radius 3 is 2.47 bits per heavy atom. The molecule has 1 saturated carbocycles. The molecule has 1 aliphatic carbocycles. The Morgan fingerprint density at radius 1 is 1.20 bits per heavy atom. The summed E-state index contributed by atoms with van der Waals surface area (Å²) in [6, 6.07) is 2.73. The zero-order chi connectivity index (χ0) is 21.7. The normalized spacial score (nSPS) is 27.9. The van der Waals surface area contributed by atoms with Gasteiger partial charge in [0.2, 0.25) is 10.0 Å². The highest BCUT2D eigenvalue weighted by molar-refractivity contribution is 7.88. The Morgan fingerprint density at radius 2 is 1.87 bits per heavy atom. The van der Waals surface area contributed by atoms with Crippen molar-refractivity contribution < 1.29 is 17.9 Å². The zero-order valence-electron chi connectivity index (χ0n) is 18.3. The van der Waals surface area contributed by atoms with Crippen molar-refractivity contribution in [1.29, 1.82) is 0 Å². The summed E-state index contributed by atoms with van der Waals surface area (Å²) in [7, 11) is -3.38. The molecule has 2 fully saturated rings. The van der Waals surface area contributed by atoms with E-state index in [1.807, 2.05) is 0 Å². The Bertz CT molecular complexity index is 792. The number of amides is 1. The molecule has 0 radical (unpaired) electrons. The van der Waals surface area contributed by atoms with Gasteiger partial charge in [0.1, 0.15) is 0 Å². The average molecular weight is 438 g/mol. The molecule has 2 atom stereocenters. The minimum atomic E-state index is -3.38. The lowest BCUT2D eigenvalue weighted by Gasteiger charge is -2.42. The van der Waals surface area contributed by atoms with E-state index in [2.05, 4.69) is 23.6 Å². The SMILES string of the molecule is CC(C)[C@H]1CC[C@@H](OC[C@H]2[C@@H](NS(C)(=O)=O)CCCN2C(=O)c2ccncc2)CC1. The second-order valence-corrected chi connectivity index (χ2v) is 10.8. The van der Waals surface area contributed by atoms with E-state index < -0.39 is 10.0 Å². The Labute approximate surface area is 180 Å². The fraction of sp³-hybridized carbons (Fsp3) is 0.727. The van der Waals surface area contributed by atoms with Crippen molar-refractivity contribution in [2.45, 2.75) is 70.6 Å². The average Bonchev–Trinajstić information content (AvgIpc) is 2.72. The third-order valence-electron chi connectivity index (χ3n) is 6.50. The van der Waals surface area contributed by atoms with Crippen LogP contribution in [0, 0.1) is 11.8 Å². The fourth-order valence-electron chi connectivity index (χ4n) is 4.74. The number of hydrogen-bond acceptors (Lipinski definition) is 5. The topological polar surface area (TPSA) is 88.6 Å². The minimum absolute atomic E-state index is 0.102. The molecule has 2 aliphatic rings. The molecule has 1 aromatic heterocycles. The summed E-state index contributed by atoms with van der Waals surface area (Å²) in [5, 5.41) is 0. The first-order chi connectivity index (χ1) is 14.2. The van der Waals surface area contributed by atoms with Crippen molar-refractivity contribution in [1.82, 2.24) is 14.6 Å². The Hall–Kier alpha value is -1.51. The van der Waals surface area contributed by atoms with Crippen molar-refractivity contribution in [3.63, 3.8) is 0 Å². The van der Waals surface area contributed by atoms with Crippen LogP contribution in [-0.2, 0) is 14.8 Å². The van der Waals surface area contributed by atoms with Gasteiger partial charge in [-0.15, -0.1) is 0 Å². The van der Waals surface area contributed by atoms with E-state index in [4.69, 9.17) is 4.74 Å². The fourth-order valence-corrected chi connectivity index (χ4v) is 5.57. The van der Waals surface area contributed by atoms with Crippen molar-refractivity contribution in [2.24, 2.45) is 11.8 Å². The number of aromatic nitrogens is 1. The lowest BCUT2D eigenvalue weighted by molar-refractivity contribution is -0.0282. The van der Waals surface area contributed by atoms with Crippen LogP contribution in [0.4, 0.5) is 0 Å². The number of nitrogens with one attached hydrogen (secondary N) is 1. The molecule has 0 spiro atoms. The molecule has 2 heterocycles. The van der Waals surface area contributed by atoms with Crippen LogP contribution in [0.15, 0.2) is 24.5 Å². The predicted molar refractivity (Wildman–Crippen MR) is 117 cm³/mol. The minimum Gasteiger partial charge on any atom is -0.376 e. The van der Waals surface area contributed by atoms with Crippen LogP contribution in [0.25, 0.3) is 0 Å². The highest BCUT2D eigenvalue weighted by atomic mass is 32.2. The molecule has 1 aliphatic heterocycles. The largest absolute Gasteiger partial charge is 0.376 e. The smallest absolute Gasteiger partial charge is 0.254 e. The van der Waals surface area contributed by atoms with Crippen LogP contribution in [-0.4, -0.2) is 61.8 Å². The van der Waals surface area contributed by atoms with Crippen molar-refractivity contribution >= 4 is 15.9 Å². The molecule has 7 nitrogen and oxygen atoms in total. The number of hydrogen-bond donors (Lipinski definition) is 1. The predicted octanol–water partition coefficient (Wildman–Crippen LogP) is 2.84. The van der Waals surface area contributed by atoms with Crippen LogP contribution in [0.1, 0.15) is 62.7 Å². The molecule has 168 valence electrons. The van der Waals surface area contributed by atoms with E-state index in [9.17, 15) is 13.2 Å². The van der Waals surface area contributed by atoms with Crippen molar-refractivity contribution in [2.75, 3.05) is 19.4 Å². The first kappa shape index (κ1) is 23.2. The molecule has 1 saturated heterocycles. The highest BCUT2D eigenvalue weighted by Gasteiger charge is 2.37. The molecule has 0 bridgehead atoms. The third-order valence-corrected chi connectivity index (χ3v) is 7.23. The van der Waals surface area contributed by atoms with Crippen LogP contribution in [0.3, 0.4) is 0 Å². The Kier molecular flexibility index (Phi) is 7.87. The van der Waals surface area contributed by atoms with E-state index >= 15 is 0 Å². The number of likely N-dealkylation sites (tertiary alicyclic amines) is 1. The van der Waals surface area contributed by atoms with E-state index in [1.165, 1.54) is 6.26 Å². The second kappa shape index (κ2) is 10.2. The van der Waals surface area contributed by atoms with Crippen LogP contribution >= 0.6 is 0 Å².